The molecule has 0 spiro atoms. The molecule has 1 aliphatic carbocycles. The van der Waals surface area contributed by atoms with Crippen LogP contribution in [0.15, 0.2) is 12.1 Å². The van der Waals surface area contributed by atoms with E-state index in [1.54, 1.807) is 14.2 Å². The zero-order chi connectivity index (χ0) is 17.4. The predicted molar refractivity (Wildman–Crippen MR) is 92.0 cm³/mol. The third-order valence-corrected chi connectivity index (χ3v) is 5.19. The number of hydrogen-bond acceptors (Lipinski definition) is 5. The number of carbonyl (C=O) groups excluding carboxylic acids is 2. The Morgan fingerprint density at radius 3 is 2.42 bits per heavy atom. The van der Waals surface area contributed by atoms with Crippen LogP contribution in [0.3, 0.4) is 0 Å². The molecular weight excluding hydrogens is 330 g/mol. The zero-order valence-electron chi connectivity index (χ0n) is 13.3. The van der Waals surface area contributed by atoms with Gasteiger partial charge in [-0.1, -0.05) is 0 Å². The van der Waals surface area contributed by atoms with Crippen molar-refractivity contribution in [2.75, 3.05) is 19.5 Å². The topological polar surface area (TPSA) is 117 Å². The first-order valence-electron chi connectivity index (χ1n) is 7.24. The molecule has 1 aromatic carbocycles. The van der Waals surface area contributed by atoms with Crippen molar-refractivity contribution in [2.24, 2.45) is 11.5 Å². The lowest BCUT2D eigenvalue weighted by Crippen LogP contribution is -2.22. The van der Waals surface area contributed by atoms with Crippen LogP contribution in [-0.2, 0) is 12.8 Å². The highest BCUT2D eigenvalue weighted by molar-refractivity contribution is 7.20. The molecule has 2 aromatic rings. The molecule has 1 aromatic heterocycles. The maximum atomic E-state index is 11.9. The molecule has 8 heteroatoms. The summed E-state index contributed by atoms with van der Waals surface area (Å²) in [5.41, 5.74) is 13.8. The van der Waals surface area contributed by atoms with Crippen LogP contribution >= 0.6 is 11.3 Å². The van der Waals surface area contributed by atoms with Gasteiger partial charge in [0.15, 0.2) is 11.5 Å². The smallest absolute Gasteiger partial charge is 0.317 e. The maximum absolute atomic E-state index is 11.9. The summed E-state index contributed by atoms with van der Waals surface area (Å²) in [6, 6.07) is 3.00. The van der Waals surface area contributed by atoms with Crippen molar-refractivity contribution in [3.63, 3.8) is 0 Å². The second-order valence-corrected chi connectivity index (χ2v) is 6.32. The number of nitrogens with two attached hydrogens (primary N) is 2. The molecule has 0 aliphatic heterocycles. The van der Waals surface area contributed by atoms with E-state index >= 15 is 0 Å². The summed E-state index contributed by atoms with van der Waals surface area (Å²) >= 11 is 1.28. The van der Waals surface area contributed by atoms with E-state index in [4.69, 9.17) is 20.9 Å². The van der Waals surface area contributed by atoms with E-state index in [-0.39, 0.29) is 0 Å². The fourth-order valence-corrected chi connectivity index (χ4v) is 4.39. The van der Waals surface area contributed by atoms with Gasteiger partial charge in [0.1, 0.15) is 5.00 Å². The second kappa shape index (κ2) is 6.04. The first-order chi connectivity index (χ1) is 11.5. The second-order valence-electron chi connectivity index (χ2n) is 5.29. The lowest BCUT2D eigenvalue weighted by Gasteiger charge is -2.21. The SMILES string of the molecule is COc1ccc2c(c1OC)CCc1c-2sc(NC(N)=O)c1C(N)=O. The standard InChI is InChI=1S/C16H17N3O4S/c1-22-10-6-5-8-7(12(10)23-2)3-4-9-11(14(17)20)15(19-16(18)21)24-13(8)9/h5-6H,3-4H2,1-2H3,(H2,17,20)(H3,18,19,21). The molecule has 0 atom stereocenters. The minimum absolute atomic E-state index is 0.328. The average Bonchev–Trinajstić information content (AvgIpc) is 2.90. The Hall–Kier alpha value is -2.74. The van der Waals surface area contributed by atoms with Crippen LogP contribution in [0, 0.1) is 0 Å². The number of benzene rings is 1. The van der Waals surface area contributed by atoms with Gasteiger partial charge in [0.25, 0.3) is 5.91 Å². The Labute approximate surface area is 142 Å². The van der Waals surface area contributed by atoms with Crippen molar-refractivity contribution in [2.45, 2.75) is 12.8 Å². The van der Waals surface area contributed by atoms with Gasteiger partial charge < -0.3 is 20.9 Å². The third kappa shape index (κ3) is 2.44. The molecule has 126 valence electrons. The van der Waals surface area contributed by atoms with Crippen LogP contribution in [-0.4, -0.2) is 26.2 Å². The number of carbonyl (C=O) groups is 2. The molecule has 5 N–H and O–H groups in total. The summed E-state index contributed by atoms with van der Waals surface area (Å²) in [7, 11) is 3.18. The maximum Gasteiger partial charge on any atom is 0.317 e. The Bertz CT molecular complexity index is 844. The van der Waals surface area contributed by atoms with E-state index < -0.39 is 11.9 Å². The van der Waals surface area contributed by atoms with Gasteiger partial charge in [0.05, 0.1) is 19.8 Å². The zero-order valence-corrected chi connectivity index (χ0v) is 14.1. The summed E-state index contributed by atoms with van der Waals surface area (Å²) in [6.07, 6.45) is 1.29. The van der Waals surface area contributed by atoms with Crippen LogP contribution in [0.2, 0.25) is 0 Å². The molecule has 1 aliphatic rings. The monoisotopic (exact) mass is 347 g/mol. The summed E-state index contributed by atoms with van der Waals surface area (Å²) in [4.78, 5) is 24.0. The Kier molecular flexibility index (Phi) is 4.06. The minimum atomic E-state index is -0.733. The Morgan fingerprint density at radius 1 is 1.12 bits per heavy atom. The Balaban J connectivity index is 2.22. The van der Waals surface area contributed by atoms with Crippen molar-refractivity contribution in [3.05, 3.63) is 28.8 Å². The lowest BCUT2D eigenvalue weighted by atomic mass is 9.88. The number of urea groups is 1. The molecule has 24 heavy (non-hydrogen) atoms. The fourth-order valence-electron chi connectivity index (χ4n) is 3.08. The number of primary amides is 2. The molecule has 0 fully saturated rings. The molecule has 3 rings (SSSR count). The van der Waals surface area contributed by atoms with Crippen molar-refractivity contribution in [1.82, 2.24) is 0 Å². The first kappa shape index (κ1) is 16.1. The van der Waals surface area contributed by atoms with Gasteiger partial charge in [-0.2, -0.15) is 0 Å². The molecule has 0 saturated carbocycles. The number of rotatable bonds is 4. The third-order valence-electron chi connectivity index (χ3n) is 4.01. The highest BCUT2D eigenvalue weighted by Crippen LogP contribution is 2.49. The molecule has 7 nitrogen and oxygen atoms in total. The summed E-state index contributed by atoms with van der Waals surface area (Å²) in [5, 5.41) is 2.87. The molecule has 1 heterocycles. The quantitative estimate of drug-likeness (QED) is 0.785. The highest BCUT2D eigenvalue weighted by atomic mass is 32.1. The molecule has 0 radical (unpaired) electrons. The van der Waals surface area contributed by atoms with Crippen LogP contribution in [0.1, 0.15) is 21.5 Å². The molecule has 3 amide bonds. The number of amides is 3. The summed E-state index contributed by atoms with van der Waals surface area (Å²) < 4.78 is 10.8. The molecule has 0 bridgehead atoms. The normalized spacial score (nSPS) is 12.1. The van der Waals surface area contributed by atoms with Crippen LogP contribution in [0.25, 0.3) is 10.4 Å². The average molecular weight is 347 g/mol. The van der Waals surface area contributed by atoms with E-state index in [0.29, 0.717) is 34.9 Å². The van der Waals surface area contributed by atoms with Crippen LogP contribution in [0.4, 0.5) is 9.80 Å². The van der Waals surface area contributed by atoms with E-state index in [9.17, 15) is 9.59 Å². The van der Waals surface area contributed by atoms with Gasteiger partial charge >= 0.3 is 6.03 Å². The first-order valence-corrected chi connectivity index (χ1v) is 8.05. The van der Waals surface area contributed by atoms with Crippen molar-refractivity contribution < 1.29 is 19.1 Å². The van der Waals surface area contributed by atoms with Gasteiger partial charge in [-0.15, -0.1) is 11.3 Å². The van der Waals surface area contributed by atoms with Gasteiger partial charge in [-0.25, -0.2) is 4.79 Å². The van der Waals surface area contributed by atoms with Crippen molar-refractivity contribution in [1.29, 1.82) is 0 Å². The van der Waals surface area contributed by atoms with Crippen molar-refractivity contribution in [3.8, 4) is 21.9 Å². The number of thiophene rings is 1. The van der Waals surface area contributed by atoms with Gasteiger partial charge in [-0.05, 0) is 36.1 Å². The molecular formula is C16H17N3O4S. The largest absolute Gasteiger partial charge is 0.493 e. The number of methoxy groups -OCH3 is 2. The highest BCUT2D eigenvalue weighted by Gasteiger charge is 2.30. The van der Waals surface area contributed by atoms with Gasteiger partial charge in [-0.3, -0.25) is 10.1 Å². The Morgan fingerprint density at radius 2 is 1.83 bits per heavy atom. The number of hydrogen-bond donors (Lipinski definition) is 3. The number of nitrogens with one attached hydrogen (secondary N) is 1. The molecule has 0 unspecified atom stereocenters. The number of anilines is 1. The number of fused-ring (bicyclic) bond motifs is 3. The summed E-state index contributed by atoms with van der Waals surface area (Å²) in [5.74, 6) is 0.751. The van der Waals surface area contributed by atoms with E-state index in [2.05, 4.69) is 5.32 Å². The lowest BCUT2D eigenvalue weighted by molar-refractivity contribution is 0.100. The van der Waals surface area contributed by atoms with E-state index in [1.165, 1.54) is 11.3 Å². The molecule has 0 saturated heterocycles. The summed E-state index contributed by atoms with van der Waals surface area (Å²) in [6.45, 7) is 0. The predicted octanol–water partition coefficient (Wildman–Crippen LogP) is 2.12. The van der Waals surface area contributed by atoms with Crippen LogP contribution < -0.4 is 26.3 Å². The van der Waals surface area contributed by atoms with Crippen molar-refractivity contribution >= 4 is 28.3 Å². The van der Waals surface area contributed by atoms with Gasteiger partial charge in [0, 0.05) is 10.4 Å². The van der Waals surface area contributed by atoms with Crippen LogP contribution in [0.5, 0.6) is 11.5 Å². The number of ether oxygens (including phenoxy) is 2. The fraction of sp³-hybridized carbons (Fsp3) is 0.250. The van der Waals surface area contributed by atoms with E-state index in [1.807, 2.05) is 12.1 Å². The van der Waals surface area contributed by atoms with E-state index in [0.717, 1.165) is 21.6 Å². The van der Waals surface area contributed by atoms with Gasteiger partial charge in [0.2, 0.25) is 0 Å². The minimum Gasteiger partial charge on any atom is -0.493 e.